The van der Waals surface area contributed by atoms with Gasteiger partial charge in [-0.3, -0.25) is 0 Å². The average Bonchev–Trinajstić information content (AvgIpc) is 2.32. The van der Waals surface area contributed by atoms with E-state index in [1.54, 1.807) is 6.20 Å². The van der Waals surface area contributed by atoms with E-state index in [2.05, 4.69) is 26.2 Å². The molecular weight excluding hydrogens is 287 g/mol. The van der Waals surface area contributed by atoms with Crippen LogP contribution in [0.5, 0.6) is 0 Å². The SMILES string of the molecule is NCCNc1ncc(Br)c2c(N)ccc(F)c12. The van der Waals surface area contributed by atoms with Crippen LogP contribution >= 0.6 is 15.9 Å². The lowest BCUT2D eigenvalue weighted by Crippen LogP contribution is -2.14. The standard InChI is InChI=1S/C11H12BrFN4/c12-6-5-17-11(16-4-3-14)10-7(13)1-2-8(15)9(6)10/h1-2,5H,3-4,14-15H2,(H,16,17). The molecular formula is C11H12BrFN4. The number of nitrogens with zero attached hydrogens (tertiary/aromatic N) is 1. The fraction of sp³-hybridized carbons (Fsp3) is 0.182. The third-order valence-electron chi connectivity index (χ3n) is 2.41. The van der Waals surface area contributed by atoms with Gasteiger partial charge in [-0.25, -0.2) is 9.37 Å². The molecule has 1 aromatic carbocycles. The molecule has 2 rings (SSSR count). The number of halogens is 2. The van der Waals surface area contributed by atoms with E-state index in [1.807, 2.05) is 0 Å². The molecule has 5 N–H and O–H groups in total. The first-order chi connectivity index (χ1) is 8.15. The molecule has 0 aliphatic heterocycles. The number of pyridine rings is 1. The molecule has 0 radical (unpaired) electrons. The fourth-order valence-electron chi connectivity index (χ4n) is 1.66. The fourth-order valence-corrected chi connectivity index (χ4v) is 2.19. The summed E-state index contributed by atoms with van der Waals surface area (Å²) in [6, 6.07) is 2.87. The van der Waals surface area contributed by atoms with E-state index in [9.17, 15) is 4.39 Å². The number of nitrogen functional groups attached to an aromatic ring is 1. The van der Waals surface area contributed by atoms with Gasteiger partial charge >= 0.3 is 0 Å². The number of hydrogen-bond donors (Lipinski definition) is 3. The first-order valence-corrected chi connectivity index (χ1v) is 5.90. The zero-order valence-electron chi connectivity index (χ0n) is 9.00. The zero-order valence-corrected chi connectivity index (χ0v) is 10.6. The van der Waals surface area contributed by atoms with E-state index in [4.69, 9.17) is 11.5 Å². The van der Waals surface area contributed by atoms with E-state index in [1.165, 1.54) is 12.1 Å². The highest BCUT2D eigenvalue weighted by molar-refractivity contribution is 9.10. The predicted octanol–water partition coefficient (Wildman–Crippen LogP) is 2.09. The number of anilines is 2. The van der Waals surface area contributed by atoms with Crippen LogP contribution in [0.3, 0.4) is 0 Å². The van der Waals surface area contributed by atoms with Crippen molar-refractivity contribution in [2.45, 2.75) is 0 Å². The number of hydrogen-bond acceptors (Lipinski definition) is 4. The highest BCUT2D eigenvalue weighted by atomic mass is 79.9. The maximum Gasteiger partial charge on any atom is 0.137 e. The molecule has 0 amide bonds. The van der Waals surface area contributed by atoms with Gasteiger partial charge in [-0.15, -0.1) is 0 Å². The molecule has 4 nitrogen and oxygen atoms in total. The second-order valence-electron chi connectivity index (χ2n) is 3.56. The summed E-state index contributed by atoms with van der Waals surface area (Å²) >= 11 is 3.32. The molecule has 0 unspecified atom stereocenters. The normalized spacial score (nSPS) is 10.8. The van der Waals surface area contributed by atoms with E-state index in [0.717, 1.165) is 0 Å². The Kier molecular flexibility index (Phi) is 3.44. The smallest absolute Gasteiger partial charge is 0.137 e. The minimum absolute atomic E-state index is 0.359. The molecule has 0 saturated carbocycles. The summed E-state index contributed by atoms with van der Waals surface area (Å²) in [5, 5.41) is 3.99. The number of aromatic nitrogens is 1. The van der Waals surface area contributed by atoms with Crippen molar-refractivity contribution in [2.24, 2.45) is 5.73 Å². The summed E-state index contributed by atoms with van der Waals surface area (Å²) in [5.41, 5.74) is 11.8. The summed E-state index contributed by atoms with van der Waals surface area (Å²) < 4.78 is 14.5. The maximum absolute atomic E-state index is 13.8. The molecule has 0 saturated heterocycles. The molecule has 0 fully saturated rings. The summed E-state index contributed by atoms with van der Waals surface area (Å²) in [4.78, 5) is 4.14. The lowest BCUT2D eigenvalue weighted by molar-refractivity contribution is 0.640. The lowest BCUT2D eigenvalue weighted by atomic mass is 10.1. The zero-order chi connectivity index (χ0) is 12.4. The van der Waals surface area contributed by atoms with Crippen LogP contribution in [-0.4, -0.2) is 18.1 Å². The van der Waals surface area contributed by atoms with E-state index >= 15 is 0 Å². The number of nitrogens with two attached hydrogens (primary N) is 2. The molecule has 1 aromatic heterocycles. The first kappa shape index (κ1) is 12.1. The predicted molar refractivity (Wildman–Crippen MR) is 71.4 cm³/mol. The van der Waals surface area contributed by atoms with E-state index < -0.39 is 0 Å². The van der Waals surface area contributed by atoms with Gasteiger partial charge in [0, 0.05) is 34.8 Å². The monoisotopic (exact) mass is 298 g/mol. The van der Waals surface area contributed by atoms with Crippen LogP contribution in [0.1, 0.15) is 0 Å². The van der Waals surface area contributed by atoms with Crippen LogP contribution in [0.2, 0.25) is 0 Å². The van der Waals surface area contributed by atoms with Crippen molar-refractivity contribution >= 4 is 38.2 Å². The minimum atomic E-state index is -0.359. The molecule has 1 heterocycles. The molecule has 6 heteroatoms. The quantitative estimate of drug-likeness (QED) is 0.758. The minimum Gasteiger partial charge on any atom is -0.398 e. The highest BCUT2D eigenvalue weighted by Gasteiger charge is 2.12. The van der Waals surface area contributed by atoms with Crippen molar-refractivity contribution in [2.75, 3.05) is 24.1 Å². The van der Waals surface area contributed by atoms with Crippen LogP contribution < -0.4 is 16.8 Å². The first-order valence-electron chi connectivity index (χ1n) is 5.11. The Balaban J connectivity index is 2.70. The van der Waals surface area contributed by atoms with Crippen LogP contribution in [0.4, 0.5) is 15.9 Å². The van der Waals surface area contributed by atoms with Gasteiger partial charge in [0.25, 0.3) is 0 Å². The molecule has 0 aliphatic rings. The Bertz CT molecular complexity index is 550. The Hall–Kier alpha value is -1.40. The summed E-state index contributed by atoms with van der Waals surface area (Å²) in [6.45, 7) is 0.973. The third kappa shape index (κ3) is 2.18. The highest BCUT2D eigenvalue weighted by Crippen LogP contribution is 2.34. The number of fused-ring (bicyclic) bond motifs is 1. The second kappa shape index (κ2) is 4.85. The maximum atomic E-state index is 13.8. The van der Waals surface area contributed by atoms with Crippen molar-refractivity contribution in [3.8, 4) is 0 Å². The second-order valence-corrected chi connectivity index (χ2v) is 4.41. The van der Waals surface area contributed by atoms with Gasteiger partial charge in [-0.1, -0.05) is 0 Å². The Morgan fingerprint density at radius 3 is 2.82 bits per heavy atom. The largest absolute Gasteiger partial charge is 0.398 e. The lowest BCUT2D eigenvalue weighted by Gasteiger charge is -2.11. The van der Waals surface area contributed by atoms with Gasteiger partial charge in [0.15, 0.2) is 0 Å². The average molecular weight is 299 g/mol. The van der Waals surface area contributed by atoms with Crippen LogP contribution in [0.25, 0.3) is 10.8 Å². The molecule has 0 bridgehead atoms. The van der Waals surface area contributed by atoms with Crippen LogP contribution in [0.15, 0.2) is 22.8 Å². The summed E-state index contributed by atoms with van der Waals surface area (Å²) in [6.07, 6.45) is 1.59. The van der Waals surface area contributed by atoms with Crippen molar-refractivity contribution in [3.05, 3.63) is 28.6 Å². The molecule has 90 valence electrons. The van der Waals surface area contributed by atoms with Crippen molar-refractivity contribution < 1.29 is 4.39 Å². The molecule has 0 spiro atoms. The molecule has 0 aliphatic carbocycles. The van der Waals surface area contributed by atoms with Gasteiger partial charge in [0.1, 0.15) is 11.6 Å². The molecule has 2 aromatic rings. The van der Waals surface area contributed by atoms with Gasteiger partial charge < -0.3 is 16.8 Å². The Morgan fingerprint density at radius 1 is 1.35 bits per heavy atom. The number of benzene rings is 1. The number of nitrogens with one attached hydrogen (secondary N) is 1. The number of rotatable bonds is 3. The van der Waals surface area contributed by atoms with Crippen molar-refractivity contribution in [1.29, 1.82) is 0 Å². The van der Waals surface area contributed by atoms with Crippen molar-refractivity contribution in [1.82, 2.24) is 4.98 Å². The van der Waals surface area contributed by atoms with Gasteiger partial charge in [-0.05, 0) is 28.1 Å². The van der Waals surface area contributed by atoms with Crippen LogP contribution in [-0.2, 0) is 0 Å². The van der Waals surface area contributed by atoms with Crippen molar-refractivity contribution in [3.63, 3.8) is 0 Å². The molecule has 17 heavy (non-hydrogen) atoms. The van der Waals surface area contributed by atoms with E-state index in [-0.39, 0.29) is 5.82 Å². The van der Waals surface area contributed by atoms with Gasteiger partial charge in [-0.2, -0.15) is 0 Å². The van der Waals surface area contributed by atoms with Gasteiger partial charge in [0.2, 0.25) is 0 Å². The Morgan fingerprint density at radius 2 is 2.12 bits per heavy atom. The Labute approximate surface area is 106 Å². The van der Waals surface area contributed by atoms with Crippen LogP contribution in [0, 0.1) is 5.82 Å². The molecule has 0 atom stereocenters. The summed E-state index contributed by atoms with van der Waals surface area (Å²) in [5.74, 6) is 0.0981. The third-order valence-corrected chi connectivity index (χ3v) is 3.01. The van der Waals surface area contributed by atoms with E-state index in [0.29, 0.717) is 39.8 Å². The topological polar surface area (TPSA) is 77.0 Å². The summed E-state index contributed by atoms with van der Waals surface area (Å²) in [7, 11) is 0. The van der Waals surface area contributed by atoms with Gasteiger partial charge in [0.05, 0.1) is 5.39 Å².